The van der Waals surface area contributed by atoms with Crippen molar-refractivity contribution in [3.05, 3.63) is 29.8 Å². The molecule has 0 spiro atoms. The van der Waals surface area contributed by atoms with Crippen molar-refractivity contribution in [3.63, 3.8) is 0 Å². The highest BCUT2D eigenvalue weighted by molar-refractivity contribution is 5.81. The number of hydrogen-bond donors (Lipinski definition) is 0. The summed E-state index contributed by atoms with van der Waals surface area (Å²) in [5.74, 6) is 1.15. The number of likely N-dealkylation sites (tertiary alicyclic amines) is 1. The third-order valence-corrected chi connectivity index (χ3v) is 5.00. The lowest BCUT2D eigenvalue weighted by Gasteiger charge is -2.35. The summed E-state index contributed by atoms with van der Waals surface area (Å²) in [5, 5.41) is 9.13. The normalized spacial score (nSPS) is 16.5. The number of nitriles is 1. The lowest BCUT2D eigenvalue weighted by molar-refractivity contribution is -0.139. The van der Waals surface area contributed by atoms with Crippen molar-refractivity contribution >= 4 is 5.91 Å². The van der Waals surface area contributed by atoms with Gasteiger partial charge in [-0.25, -0.2) is 0 Å². The van der Waals surface area contributed by atoms with Gasteiger partial charge in [-0.15, -0.1) is 0 Å². The SMILES string of the molecule is CCN(CC)CC1CCN(C(=O)[C@H](C)Oc2ccccc2C#N)CC1. The molecule has 0 saturated carbocycles. The van der Waals surface area contributed by atoms with Crippen LogP contribution < -0.4 is 4.74 Å². The van der Waals surface area contributed by atoms with E-state index in [9.17, 15) is 4.79 Å². The fraction of sp³-hybridized carbons (Fsp3) is 0.600. The molecular weight excluding hydrogens is 314 g/mol. The largest absolute Gasteiger partial charge is 0.480 e. The lowest BCUT2D eigenvalue weighted by Crippen LogP contribution is -2.46. The van der Waals surface area contributed by atoms with Gasteiger partial charge in [0.1, 0.15) is 11.8 Å². The van der Waals surface area contributed by atoms with Crippen molar-refractivity contribution in [2.75, 3.05) is 32.7 Å². The van der Waals surface area contributed by atoms with Gasteiger partial charge in [-0.05, 0) is 50.9 Å². The summed E-state index contributed by atoms with van der Waals surface area (Å²) in [7, 11) is 0. The third-order valence-electron chi connectivity index (χ3n) is 5.00. The molecule has 0 bridgehead atoms. The summed E-state index contributed by atoms with van der Waals surface area (Å²) in [4.78, 5) is 17.0. The zero-order chi connectivity index (χ0) is 18.2. The van der Waals surface area contributed by atoms with Gasteiger partial charge in [-0.2, -0.15) is 5.26 Å². The number of para-hydroxylation sites is 1. The van der Waals surface area contributed by atoms with Crippen LogP contribution in [0.5, 0.6) is 5.75 Å². The first-order chi connectivity index (χ1) is 12.1. The van der Waals surface area contributed by atoms with Crippen LogP contribution in [0, 0.1) is 17.2 Å². The van der Waals surface area contributed by atoms with Crippen LogP contribution in [0.2, 0.25) is 0 Å². The molecule has 1 aliphatic rings. The fourth-order valence-electron chi connectivity index (χ4n) is 3.34. The number of amides is 1. The van der Waals surface area contributed by atoms with Gasteiger partial charge in [-0.3, -0.25) is 4.79 Å². The highest BCUT2D eigenvalue weighted by atomic mass is 16.5. The standard InChI is InChI=1S/C20H29N3O2/c1-4-22(5-2)15-17-10-12-23(13-11-17)20(24)16(3)25-19-9-7-6-8-18(19)14-21/h6-9,16-17H,4-5,10-13,15H2,1-3H3/t16-/m0/s1. The molecular formula is C20H29N3O2. The molecule has 1 heterocycles. The number of hydrogen-bond acceptors (Lipinski definition) is 4. The van der Waals surface area contributed by atoms with Gasteiger partial charge in [0.2, 0.25) is 0 Å². The van der Waals surface area contributed by atoms with Crippen LogP contribution in [-0.4, -0.2) is 54.5 Å². The van der Waals surface area contributed by atoms with Crippen molar-refractivity contribution in [3.8, 4) is 11.8 Å². The minimum atomic E-state index is -0.575. The van der Waals surface area contributed by atoms with E-state index in [0.717, 1.165) is 45.6 Å². The van der Waals surface area contributed by atoms with Crippen LogP contribution in [0.1, 0.15) is 39.2 Å². The summed E-state index contributed by atoms with van der Waals surface area (Å²) in [6.45, 7) is 11.0. The zero-order valence-corrected chi connectivity index (χ0v) is 15.6. The molecule has 1 atom stereocenters. The highest BCUT2D eigenvalue weighted by Gasteiger charge is 2.27. The summed E-state index contributed by atoms with van der Waals surface area (Å²) in [6, 6.07) is 9.14. The monoisotopic (exact) mass is 343 g/mol. The maximum Gasteiger partial charge on any atom is 0.263 e. The second kappa shape index (κ2) is 9.43. The number of carbonyl (C=O) groups is 1. The van der Waals surface area contributed by atoms with Crippen molar-refractivity contribution < 1.29 is 9.53 Å². The first kappa shape index (κ1) is 19.3. The lowest BCUT2D eigenvalue weighted by atomic mass is 9.96. The van der Waals surface area contributed by atoms with Gasteiger partial charge < -0.3 is 14.5 Å². The number of rotatable bonds is 7. The molecule has 2 rings (SSSR count). The van der Waals surface area contributed by atoms with Crippen molar-refractivity contribution in [2.45, 2.75) is 39.7 Å². The van der Waals surface area contributed by atoms with Gasteiger partial charge in [0.25, 0.3) is 5.91 Å². The average Bonchev–Trinajstić information content (AvgIpc) is 2.66. The summed E-state index contributed by atoms with van der Waals surface area (Å²) >= 11 is 0. The molecule has 1 saturated heterocycles. The number of piperidine rings is 1. The minimum Gasteiger partial charge on any atom is -0.480 e. The van der Waals surface area contributed by atoms with E-state index in [4.69, 9.17) is 10.00 Å². The van der Waals surface area contributed by atoms with Crippen LogP contribution >= 0.6 is 0 Å². The topological polar surface area (TPSA) is 56.6 Å². The second-order valence-corrected chi connectivity index (χ2v) is 6.62. The molecule has 0 N–H and O–H groups in total. The van der Waals surface area contributed by atoms with Crippen LogP contribution in [0.25, 0.3) is 0 Å². The second-order valence-electron chi connectivity index (χ2n) is 6.62. The molecule has 5 heteroatoms. The molecule has 0 aliphatic carbocycles. The Labute approximate surface area is 151 Å². The van der Waals surface area contributed by atoms with Crippen LogP contribution in [-0.2, 0) is 4.79 Å². The third kappa shape index (κ3) is 5.20. The Morgan fingerprint density at radius 1 is 1.32 bits per heavy atom. The van der Waals surface area contributed by atoms with E-state index in [1.165, 1.54) is 0 Å². The van der Waals surface area contributed by atoms with Gasteiger partial charge in [0.05, 0.1) is 5.56 Å². The highest BCUT2D eigenvalue weighted by Crippen LogP contribution is 2.22. The quantitative estimate of drug-likeness (QED) is 0.764. The van der Waals surface area contributed by atoms with E-state index in [2.05, 4.69) is 24.8 Å². The Balaban J connectivity index is 1.86. The maximum atomic E-state index is 12.7. The fourth-order valence-corrected chi connectivity index (χ4v) is 3.34. The molecule has 0 unspecified atom stereocenters. The Morgan fingerprint density at radius 3 is 2.56 bits per heavy atom. The Kier molecular flexibility index (Phi) is 7.27. The van der Waals surface area contributed by atoms with Gasteiger partial charge in [-0.1, -0.05) is 26.0 Å². The first-order valence-corrected chi connectivity index (χ1v) is 9.25. The van der Waals surface area contributed by atoms with Gasteiger partial charge in [0, 0.05) is 19.6 Å². The molecule has 0 aromatic heterocycles. The van der Waals surface area contributed by atoms with Crippen molar-refractivity contribution in [1.29, 1.82) is 5.26 Å². The van der Waals surface area contributed by atoms with E-state index >= 15 is 0 Å². The zero-order valence-electron chi connectivity index (χ0n) is 15.6. The molecule has 1 fully saturated rings. The first-order valence-electron chi connectivity index (χ1n) is 9.25. The molecule has 136 valence electrons. The van der Waals surface area contributed by atoms with E-state index in [1.807, 2.05) is 11.0 Å². The predicted molar refractivity (Wildman–Crippen MR) is 98.3 cm³/mol. The number of ether oxygens (including phenoxy) is 1. The number of carbonyl (C=O) groups excluding carboxylic acids is 1. The van der Waals surface area contributed by atoms with Crippen LogP contribution in [0.15, 0.2) is 24.3 Å². The predicted octanol–water partition coefficient (Wildman–Crippen LogP) is 2.91. The smallest absolute Gasteiger partial charge is 0.263 e. The molecule has 1 amide bonds. The van der Waals surface area contributed by atoms with Crippen molar-refractivity contribution in [2.24, 2.45) is 5.92 Å². The molecule has 1 aliphatic heterocycles. The van der Waals surface area contributed by atoms with Crippen LogP contribution in [0.4, 0.5) is 0 Å². The Hall–Kier alpha value is -2.06. The molecule has 1 aromatic carbocycles. The van der Waals surface area contributed by atoms with E-state index in [-0.39, 0.29) is 5.91 Å². The summed E-state index contributed by atoms with van der Waals surface area (Å²) < 4.78 is 5.76. The van der Waals surface area contributed by atoms with Gasteiger partial charge in [0.15, 0.2) is 6.10 Å². The van der Waals surface area contributed by atoms with E-state index < -0.39 is 6.10 Å². The molecule has 1 aromatic rings. The van der Waals surface area contributed by atoms with E-state index in [1.54, 1.807) is 25.1 Å². The number of nitrogens with zero attached hydrogens (tertiary/aromatic N) is 3. The molecule has 5 nitrogen and oxygen atoms in total. The summed E-state index contributed by atoms with van der Waals surface area (Å²) in [5.41, 5.74) is 0.458. The Morgan fingerprint density at radius 2 is 1.96 bits per heavy atom. The van der Waals surface area contributed by atoms with Crippen molar-refractivity contribution in [1.82, 2.24) is 9.80 Å². The number of benzene rings is 1. The maximum absolute atomic E-state index is 12.7. The molecule has 0 radical (unpaired) electrons. The average molecular weight is 343 g/mol. The Bertz CT molecular complexity index is 599. The minimum absolute atomic E-state index is 0.00836. The summed E-state index contributed by atoms with van der Waals surface area (Å²) in [6.07, 6.45) is 1.52. The van der Waals surface area contributed by atoms with E-state index in [0.29, 0.717) is 17.2 Å². The van der Waals surface area contributed by atoms with Gasteiger partial charge >= 0.3 is 0 Å². The molecule has 25 heavy (non-hydrogen) atoms. The van der Waals surface area contributed by atoms with Crippen LogP contribution in [0.3, 0.4) is 0 Å².